The fourth-order valence-corrected chi connectivity index (χ4v) is 4.70. The predicted octanol–water partition coefficient (Wildman–Crippen LogP) is 2.10. The number of ether oxygens (including phenoxy) is 1. The number of carbonyl (C=O) groups excluding carboxylic acids is 1. The number of nitrogens with zero attached hydrogens (tertiary/aromatic N) is 2. The van der Waals surface area contributed by atoms with E-state index < -0.39 is 0 Å². The SMILES string of the molecule is COc1cccc2[nH]c(C(=O)N3CCC[C@]4(CN(C)CC[C@@H]4O)C3)cc12. The van der Waals surface area contributed by atoms with E-state index in [1.54, 1.807) is 7.11 Å². The number of benzene rings is 1. The maximum Gasteiger partial charge on any atom is 0.270 e. The number of nitrogens with one attached hydrogen (secondary N) is 1. The van der Waals surface area contributed by atoms with E-state index in [4.69, 9.17) is 4.74 Å². The van der Waals surface area contributed by atoms with Gasteiger partial charge in [-0.05, 0) is 44.5 Å². The van der Waals surface area contributed by atoms with Gasteiger partial charge >= 0.3 is 0 Å². The normalized spacial score (nSPS) is 27.2. The van der Waals surface area contributed by atoms with Crippen molar-refractivity contribution in [2.24, 2.45) is 5.41 Å². The fraction of sp³-hybridized carbons (Fsp3) is 0.550. The van der Waals surface area contributed by atoms with E-state index in [2.05, 4.69) is 16.9 Å². The summed E-state index contributed by atoms with van der Waals surface area (Å²) in [7, 11) is 3.73. The molecule has 0 saturated carbocycles. The van der Waals surface area contributed by atoms with Crippen LogP contribution in [0.4, 0.5) is 0 Å². The summed E-state index contributed by atoms with van der Waals surface area (Å²) in [5.74, 6) is 0.764. The smallest absolute Gasteiger partial charge is 0.270 e. The minimum Gasteiger partial charge on any atom is -0.496 e. The second-order valence-corrected chi connectivity index (χ2v) is 7.84. The van der Waals surface area contributed by atoms with E-state index in [9.17, 15) is 9.90 Å². The number of piperidine rings is 2. The third kappa shape index (κ3) is 2.87. The molecule has 2 aliphatic rings. The highest BCUT2D eigenvalue weighted by Crippen LogP contribution is 2.39. The number of aromatic nitrogens is 1. The monoisotopic (exact) mass is 357 g/mol. The first-order chi connectivity index (χ1) is 12.5. The first-order valence-electron chi connectivity index (χ1n) is 9.34. The van der Waals surface area contributed by atoms with Crippen molar-refractivity contribution in [3.8, 4) is 5.75 Å². The zero-order chi connectivity index (χ0) is 18.3. The molecule has 6 heteroatoms. The van der Waals surface area contributed by atoms with Gasteiger partial charge < -0.3 is 24.6 Å². The Morgan fingerprint density at radius 2 is 2.19 bits per heavy atom. The van der Waals surface area contributed by atoms with Crippen LogP contribution in [0.15, 0.2) is 24.3 Å². The summed E-state index contributed by atoms with van der Waals surface area (Å²) >= 11 is 0. The molecule has 140 valence electrons. The van der Waals surface area contributed by atoms with Crippen LogP contribution in [-0.2, 0) is 0 Å². The maximum atomic E-state index is 13.1. The molecule has 0 unspecified atom stereocenters. The number of methoxy groups -OCH3 is 1. The van der Waals surface area contributed by atoms with Crippen molar-refractivity contribution in [2.45, 2.75) is 25.4 Å². The molecule has 0 bridgehead atoms. The number of aliphatic hydroxyl groups is 1. The highest BCUT2D eigenvalue weighted by molar-refractivity contribution is 5.99. The molecule has 3 heterocycles. The largest absolute Gasteiger partial charge is 0.496 e. The Bertz CT molecular complexity index is 818. The molecule has 0 aliphatic carbocycles. The number of fused-ring (bicyclic) bond motifs is 1. The van der Waals surface area contributed by atoms with Gasteiger partial charge in [-0.3, -0.25) is 4.79 Å². The molecule has 1 spiro atoms. The first kappa shape index (κ1) is 17.4. The lowest BCUT2D eigenvalue weighted by molar-refractivity contribution is -0.0731. The van der Waals surface area contributed by atoms with E-state index in [0.717, 1.165) is 55.5 Å². The number of aliphatic hydroxyl groups excluding tert-OH is 1. The Labute approximate surface area is 153 Å². The number of rotatable bonds is 2. The summed E-state index contributed by atoms with van der Waals surface area (Å²) < 4.78 is 5.40. The number of hydrogen-bond acceptors (Lipinski definition) is 4. The van der Waals surface area contributed by atoms with Crippen LogP contribution in [0.2, 0.25) is 0 Å². The lowest BCUT2D eigenvalue weighted by Crippen LogP contribution is -2.59. The molecule has 0 radical (unpaired) electrons. The first-order valence-corrected chi connectivity index (χ1v) is 9.34. The summed E-state index contributed by atoms with van der Waals surface area (Å²) in [4.78, 5) is 20.6. The minimum atomic E-state index is -0.336. The van der Waals surface area contributed by atoms with Crippen LogP contribution in [0.25, 0.3) is 10.9 Å². The highest BCUT2D eigenvalue weighted by Gasteiger charge is 2.45. The van der Waals surface area contributed by atoms with Gasteiger partial charge in [-0.25, -0.2) is 0 Å². The molecule has 1 aromatic heterocycles. The second kappa shape index (κ2) is 6.59. The van der Waals surface area contributed by atoms with Crippen molar-refractivity contribution in [3.63, 3.8) is 0 Å². The van der Waals surface area contributed by atoms with Crippen molar-refractivity contribution in [1.82, 2.24) is 14.8 Å². The molecule has 2 aliphatic heterocycles. The Morgan fingerprint density at radius 3 is 3.00 bits per heavy atom. The Balaban J connectivity index is 1.60. The van der Waals surface area contributed by atoms with Crippen LogP contribution in [0, 0.1) is 5.41 Å². The van der Waals surface area contributed by atoms with Gasteiger partial charge in [0.2, 0.25) is 0 Å². The fourth-order valence-electron chi connectivity index (χ4n) is 4.70. The molecule has 1 amide bonds. The van der Waals surface area contributed by atoms with Crippen LogP contribution >= 0.6 is 0 Å². The number of likely N-dealkylation sites (tertiary alicyclic amines) is 2. The van der Waals surface area contributed by atoms with Crippen molar-refractivity contribution in [2.75, 3.05) is 40.3 Å². The molecule has 1 aromatic carbocycles. The van der Waals surface area contributed by atoms with E-state index in [1.807, 2.05) is 29.2 Å². The van der Waals surface area contributed by atoms with Gasteiger partial charge in [0.1, 0.15) is 11.4 Å². The summed E-state index contributed by atoms with van der Waals surface area (Å²) in [5, 5.41) is 11.6. The summed E-state index contributed by atoms with van der Waals surface area (Å²) in [6, 6.07) is 7.64. The Hall–Kier alpha value is -2.05. The van der Waals surface area contributed by atoms with Gasteiger partial charge in [-0.2, -0.15) is 0 Å². The van der Waals surface area contributed by atoms with Crippen molar-refractivity contribution in [3.05, 3.63) is 30.0 Å². The molecule has 26 heavy (non-hydrogen) atoms. The average Bonchev–Trinajstić information content (AvgIpc) is 3.09. The molecule has 2 aromatic rings. The molecular weight excluding hydrogens is 330 g/mol. The molecular formula is C20H27N3O3. The molecule has 2 atom stereocenters. The van der Waals surface area contributed by atoms with Crippen LogP contribution in [0.3, 0.4) is 0 Å². The second-order valence-electron chi connectivity index (χ2n) is 7.84. The molecule has 2 saturated heterocycles. The molecule has 6 nitrogen and oxygen atoms in total. The third-order valence-electron chi connectivity index (χ3n) is 6.05. The number of H-pyrrole nitrogens is 1. The number of amides is 1. The topological polar surface area (TPSA) is 68.8 Å². The summed E-state index contributed by atoms with van der Waals surface area (Å²) in [6.07, 6.45) is 2.35. The van der Waals surface area contributed by atoms with Crippen LogP contribution in [0.5, 0.6) is 5.75 Å². The predicted molar refractivity (Wildman–Crippen MR) is 101 cm³/mol. The average molecular weight is 357 g/mol. The van der Waals surface area contributed by atoms with Gasteiger partial charge in [-0.15, -0.1) is 0 Å². The summed E-state index contributed by atoms with van der Waals surface area (Å²) in [5.41, 5.74) is 1.28. The third-order valence-corrected chi connectivity index (χ3v) is 6.05. The minimum absolute atomic E-state index is 0.00255. The molecule has 2 fully saturated rings. The van der Waals surface area contributed by atoms with E-state index in [0.29, 0.717) is 12.2 Å². The van der Waals surface area contributed by atoms with Gasteiger partial charge in [0, 0.05) is 42.5 Å². The van der Waals surface area contributed by atoms with Crippen molar-refractivity contribution < 1.29 is 14.6 Å². The Morgan fingerprint density at radius 1 is 1.35 bits per heavy atom. The van der Waals surface area contributed by atoms with Crippen LogP contribution in [0.1, 0.15) is 29.8 Å². The summed E-state index contributed by atoms with van der Waals surface area (Å²) in [6.45, 7) is 3.12. The van der Waals surface area contributed by atoms with E-state index >= 15 is 0 Å². The van der Waals surface area contributed by atoms with E-state index in [-0.39, 0.29) is 17.4 Å². The molecule has 4 rings (SSSR count). The molecule has 2 N–H and O–H groups in total. The van der Waals surface area contributed by atoms with Gasteiger partial charge in [0.05, 0.1) is 13.2 Å². The van der Waals surface area contributed by atoms with Crippen molar-refractivity contribution >= 4 is 16.8 Å². The lowest BCUT2D eigenvalue weighted by atomic mass is 9.71. The zero-order valence-corrected chi connectivity index (χ0v) is 15.5. The highest BCUT2D eigenvalue weighted by atomic mass is 16.5. The zero-order valence-electron chi connectivity index (χ0n) is 15.5. The number of carbonyl (C=O) groups is 1. The number of hydrogen-bond donors (Lipinski definition) is 2. The quantitative estimate of drug-likeness (QED) is 0.864. The lowest BCUT2D eigenvalue weighted by Gasteiger charge is -2.50. The van der Waals surface area contributed by atoms with E-state index in [1.165, 1.54) is 0 Å². The Kier molecular flexibility index (Phi) is 4.40. The standard InChI is InChI=1S/C20H27N3O3/c1-22-10-7-18(24)20(12-22)8-4-9-23(13-20)19(25)16-11-14-15(21-16)5-3-6-17(14)26-2/h3,5-6,11,18,21,24H,4,7-10,12-13H2,1-2H3/t18-,20-/m0/s1. The number of aromatic amines is 1. The van der Waals surface area contributed by atoms with Gasteiger partial charge in [0.25, 0.3) is 5.91 Å². The van der Waals surface area contributed by atoms with Crippen LogP contribution < -0.4 is 4.74 Å². The van der Waals surface area contributed by atoms with Gasteiger partial charge in [-0.1, -0.05) is 6.07 Å². The van der Waals surface area contributed by atoms with Crippen LogP contribution in [-0.4, -0.2) is 72.2 Å². The van der Waals surface area contributed by atoms with Crippen molar-refractivity contribution in [1.29, 1.82) is 0 Å². The maximum absolute atomic E-state index is 13.1. The van der Waals surface area contributed by atoms with Gasteiger partial charge in [0.15, 0.2) is 0 Å².